The van der Waals surface area contributed by atoms with Crippen LogP contribution >= 0.6 is 11.6 Å². The van der Waals surface area contributed by atoms with Crippen molar-refractivity contribution >= 4 is 11.6 Å². The fourth-order valence-corrected chi connectivity index (χ4v) is 2.03. The van der Waals surface area contributed by atoms with Gasteiger partial charge in [0.15, 0.2) is 0 Å². The Morgan fingerprint density at radius 3 is 2.57 bits per heavy atom. The number of benzene rings is 1. The molecule has 0 fully saturated rings. The van der Waals surface area contributed by atoms with Gasteiger partial charge in [-0.2, -0.15) is 10.1 Å². The lowest BCUT2D eigenvalue weighted by Crippen LogP contribution is -2.28. The Kier molecular flexibility index (Phi) is 3.25. The second kappa shape index (κ2) is 4.96. The van der Waals surface area contributed by atoms with Crippen molar-refractivity contribution in [3.05, 3.63) is 53.4 Å². The molecule has 1 aromatic carbocycles. The number of rotatable bonds is 3. The molecule has 3 rings (SSSR count). The molecule has 0 N–H and O–H groups in total. The number of nitrogens with zero attached hydrogens (tertiary/aromatic N) is 4. The molecular weight excluding hydrogens is 295 g/mol. The normalized spacial score (nSPS) is 11.8. The van der Waals surface area contributed by atoms with Crippen molar-refractivity contribution in [1.82, 2.24) is 19.9 Å². The van der Waals surface area contributed by atoms with E-state index >= 15 is 0 Å². The van der Waals surface area contributed by atoms with Crippen LogP contribution < -0.4 is 0 Å². The Labute approximate surface area is 125 Å². The van der Waals surface area contributed by atoms with Gasteiger partial charge in [0.1, 0.15) is 11.4 Å². The van der Waals surface area contributed by atoms with Gasteiger partial charge in [-0.3, -0.25) is 4.68 Å². The van der Waals surface area contributed by atoms with Crippen LogP contribution in [0.1, 0.15) is 19.7 Å². The van der Waals surface area contributed by atoms with E-state index in [1.807, 2.05) is 13.8 Å². The lowest BCUT2D eigenvalue weighted by Gasteiger charge is -2.20. The van der Waals surface area contributed by atoms with E-state index in [4.69, 9.17) is 16.1 Å². The first-order chi connectivity index (χ1) is 9.96. The molecule has 0 saturated carbocycles. The van der Waals surface area contributed by atoms with Crippen LogP contribution in [0.5, 0.6) is 0 Å². The van der Waals surface area contributed by atoms with Gasteiger partial charge >= 0.3 is 0 Å². The summed E-state index contributed by atoms with van der Waals surface area (Å²) in [5.41, 5.74) is 0.0407. The summed E-state index contributed by atoms with van der Waals surface area (Å²) in [6.45, 7) is 3.77. The monoisotopic (exact) mass is 306 g/mol. The predicted octanol–water partition coefficient (Wildman–Crippen LogP) is 3.51. The molecule has 0 spiro atoms. The zero-order chi connectivity index (χ0) is 15.0. The van der Waals surface area contributed by atoms with Gasteiger partial charge in [-0.05, 0) is 38.1 Å². The number of halogens is 2. The van der Waals surface area contributed by atoms with Crippen molar-refractivity contribution in [3.63, 3.8) is 0 Å². The third-order valence-corrected chi connectivity index (χ3v) is 3.37. The summed E-state index contributed by atoms with van der Waals surface area (Å²) in [4.78, 5) is 4.36. The predicted molar refractivity (Wildman–Crippen MR) is 75.4 cm³/mol. The molecule has 0 aliphatic heterocycles. The fourth-order valence-electron chi connectivity index (χ4n) is 1.89. The first-order valence-electron chi connectivity index (χ1n) is 6.27. The second-order valence-corrected chi connectivity index (χ2v) is 5.53. The third-order valence-electron chi connectivity index (χ3n) is 3.18. The minimum Gasteiger partial charge on any atom is -0.336 e. The molecule has 0 aliphatic carbocycles. The van der Waals surface area contributed by atoms with Crippen LogP contribution in [0, 0.1) is 5.82 Å². The van der Waals surface area contributed by atoms with E-state index in [1.54, 1.807) is 29.2 Å². The number of hydrogen-bond acceptors (Lipinski definition) is 4. The smallest absolute Gasteiger partial charge is 0.254 e. The Balaban J connectivity index is 1.96. The molecule has 0 radical (unpaired) electrons. The van der Waals surface area contributed by atoms with Gasteiger partial charge in [0.05, 0.1) is 11.2 Å². The molecule has 2 heterocycles. The lowest BCUT2D eigenvalue weighted by molar-refractivity contribution is 0.261. The third kappa shape index (κ3) is 2.54. The van der Waals surface area contributed by atoms with Crippen LogP contribution in [0.15, 0.2) is 41.2 Å². The molecule has 0 saturated heterocycles. The highest BCUT2D eigenvalue weighted by Gasteiger charge is 2.31. The molecule has 0 amide bonds. The van der Waals surface area contributed by atoms with Crippen molar-refractivity contribution in [3.8, 4) is 11.4 Å². The van der Waals surface area contributed by atoms with Crippen molar-refractivity contribution in [2.75, 3.05) is 0 Å². The maximum Gasteiger partial charge on any atom is 0.254 e. The molecular formula is C14H12ClFN4O. The van der Waals surface area contributed by atoms with Gasteiger partial charge in [0, 0.05) is 11.8 Å². The summed E-state index contributed by atoms with van der Waals surface area (Å²) in [6.07, 6.45) is 3.23. The molecule has 108 valence electrons. The standard InChI is InChI=1S/C14H12ClFN4O/c1-14(2,20-8-10(15)7-17-20)13-18-12(19-21-13)9-3-5-11(16)6-4-9/h3-8H,1-2H3. The highest BCUT2D eigenvalue weighted by atomic mass is 35.5. The van der Waals surface area contributed by atoms with Crippen LogP contribution in [0.4, 0.5) is 4.39 Å². The summed E-state index contributed by atoms with van der Waals surface area (Å²) in [6, 6.07) is 5.90. The van der Waals surface area contributed by atoms with Crippen LogP contribution in [0.2, 0.25) is 5.02 Å². The Bertz CT molecular complexity index is 763. The maximum atomic E-state index is 12.9. The van der Waals surface area contributed by atoms with Gasteiger partial charge < -0.3 is 4.52 Å². The highest BCUT2D eigenvalue weighted by molar-refractivity contribution is 6.30. The van der Waals surface area contributed by atoms with Gasteiger partial charge in [0.25, 0.3) is 5.89 Å². The van der Waals surface area contributed by atoms with E-state index < -0.39 is 5.54 Å². The topological polar surface area (TPSA) is 56.7 Å². The fraction of sp³-hybridized carbons (Fsp3) is 0.214. The van der Waals surface area contributed by atoms with E-state index in [9.17, 15) is 4.39 Å². The lowest BCUT2D eigenvalue weighted by atomic mass is 10.1. The van der Waals surface area contributed by atoms with Gasteiger partial charge in [-0.15, -0.1) is 0 Å². The van der Waals surface area contributed by atoms with Crippen LogP contribution in [-0.2, 0) is 5.54 Å². The van der Waals surface area contributed by atoms with Gasteiger partial charge in [-0.1, -0.05) is 16.8 Å². The van der Waals surface area contributed by atoms with E-state index in [2.05, 4.69) is 15.2 Å². The van der Waals surface area contributed by atoms with Crippen LogP contribution in [0.3, 0.4) is 0 Å². The van der Waals surface area contributed by atoms with Crippen LogP contribution in [-0.4, -0.2) is 19.9 Å². The van der Waals surface area contributed by atoms with Crippen molar-refractivity contribution in [1.29, 1.82) is 0 Å². The quantitative estimate of drug-likeness (QED) is 0.743. The molecule has 0 atom stereocenters. The zero-order valence-corrected chi connectivity index (χ0v) is 12.2. The Hall–Kier alpha value is -2.21. The molecule has 5 nitrogen and oxygen atoms in total. The molecule has 2 aromatic heterocycles. The minimum atomic E-state index is -0.640. The largest absolute Gasteiger partial charge is 0.336 e. The highest BCUT2D eigenvalue weighted by Crippen LogP contribution is 2.26. The summed E-state index contributed by atoms with van der Waals surface area (Å²) in [7, 11) is 0. The van der Waals surface area contributed by atoms with E-state index in [0.717, 1.165) is 0 Å². The minimum absolute atomic E-state index is 0.311. The first-order valence-corrected chi connectivity index (χ1v) is 6.65. The van der Waals surface area contributed by atoms with E-state index in [0.29, 0.717) is 22.3 Å². The van der Waals surface area contributed by atoms with Crippen molar-refractivity contribution in [2.45, 2.75) is 19.4 Å². The SMILES string of the molecule is CC(C)(c1nc(-c2ccc(F)cc2)no1)n1cc(Cl)cn1. The molecule has 0 aliphatic rings. The first kappa shape index (κ1) is 13.8. The van der Waals surface area contributed by atoms with E-state index in [-0.39, 0.29) is 5.82 Å². The Morgan fingerprint density at radius 1 is 1.24 bits per heavy atom. The van der Waals surface area contributed by atoms with Gasteiger partial charge in [0.2, 0.25) is 5.82 Å². The molecule has 0 bridgehead atoms. The molecule has 7 heteroatoms. The Morgan fingerprint density at radius 2 is 1.95 bits per heavy atom. The second-order valence-electron chi connectivity index (χ2n) is 5.09. The zero-order valence-electron chi connectivity index (χ0n) is 11.4. The maximum absolute atomic E-state index is 12.9. The summed E-state index contributed by atoms with van der Waals surface area (Å²) >= 11 is 5.88. The molecule has 0 unspecified atom stereocenters. The number of hydrogen-bond donors (Lipinski definition) is 0. The van der Waals surface area contributed by atoms with Crippen molar-refractivity contribution in [2.24, 2.45) is 0 Å². The molecule has 3 aromatic rings. The average Bonchev–Trinajstić information content (AvgIpc) is 3.09. The summed E-state index contributed by atoms with van der Waals surface area (Å²) < 4.78 is 19.9. The van der Waals surface area contributed by atoms with Crippen molar-refractivity contribution < 1.29 is 8.91 Å². The average molecular weight is 307 g/mol. The van der Waals surface area contributed by atoms with Crippen LogP contribution in [0.25, 0.3) is 11.4 Å². The van der Waals surface area contributed by atoms with Gasteiger partial charge in [-0.25, -0.2) is 4.39 Å². The summed E-state index contributed by atoms with van der Waals surface area (Å²) in [5.74, 6) is 0.479. The molecule has 21 heavy (non-hydrogen) atoms. The summed E-state index contributed by atoms with van der Waals surface area (Å²) in [5, 5.41) is 8.63. The van der Waals surface area contributed by atoms with E-state index in [1.165, 1.54) is 12.1 Å². The number of aromatic nitrogens is 4.